The maximum absolute atomic E-state index is 12.8. The van der Waals surface area contributed by atoms with Crippen LogP contribution in [0.2, 0.25) is 0 Å². The van der Waals surface area contributed by atoms with Gasteiger partial charge in [-0.15, -0.1) is 0 Å². The number of nitrogens with zero attached hydrogens (tertiary/aromatic N) is 1. The molecule has 1 unspecified atom stereocenters. The molecular weight excluding hydrogens is 366 g/mol. The predicted octanol–water partition coefficient (Wildman–Crippen LogP) is 4.90. The molecule has 3 aliphatic rings. The highest BCUT2D eigenvalue weighted by Gasteiger charge is 2.41. The molecular formula is C20H27NO3S2. The molecule has 4 nitrogen and oxygen atoms in total. The van der Waals surface area contributed by atoms with E-state index in [-0.39, 0.29) is 5.91 Å². The summed E-state index contributed by atoms with van der Waals surface area (Å²) >= 11 is 6.58. The van der Waals surface area contributed by atoms with Gasteiger partial charge in [-0.2, -0.15) is 0 Å². The molecule has 0 spiro atoms. The number of thioether (sulfide) groups is 1. The summed E-state index contributed by atoms with van der Waals surface area (Å²) in [6.45, 7) is 0. The van der Waals surface area contributed by atoms with Crippen molar-refractivity contribution in [2.24, 2.45) is 11.8 Å². The Bertz CT molecular complexity index is 617. The number of carbonyl (C=O) groups excluding carboxylic acids is 1. The second-order valence-corrected chi connectivity index (χ2v) is 9.27. The maximum atomic E-state index is 12.8. The Morgan fingerprint density at radius 3 is 2.50 bits per heavy atom. The van der Waals surface area contributed by atoms with Crippen LogP contribution in [0.3, 0.4) is 0 Å². The van der Waals surface area contributed by atoms with Crippen LogP contribution in [-0.2, 0) is 9.59 Å². The molecule has 1 heterocycles. The highest BCUT2D eigenvalue weighted by molar-refractivity contribution is 8.26. The first-order valence-electron chi connectivity index (χ1n) is 9.73. The summed E-state index contributed by atoms with van der Waals surface area (Å²) in [6.07, 6.45) is 17.0. The van der Waals surface area contributed by atoms with Crippen LogP contribution in [0.1, 0.15) is 64.2 Å². The Kier molecular flexibility index (Phi) is 6.92. The van der Waals surface area contributed by atoms with Crippen molar-refractivity contribution in [3.63, 3.8) is 0 Å². The van der Waals surface area contributed by atoms with Gasteiger partial charge in [0.2, 0.25) is 0 Å². The van der Waals surface area contributed by atoms with Crippen LogP contribution in [-0.4, -0.2) is 32.2 Å². The van der Waals surface area contributed by atoms with Gasteiger partial charge in [-0.1, -0.05) is 81.1 Å². The van der Waals surface area contributed by atoms with Gasteiger partial charge in [0.05, 0.1) is 4.91 Å². The highest BCUT2D eigenvalue weighted by Crippen LogP contribution is 2.36. The molecule has 0 aromatic carbocycles. The van der Waals surface area contributed by atoms with Crippen molar-refractivity contribution in [1.29, 1.82) is 0 Å². The van der Waals surface area contributed by atoms with Crippen LogP contribution < -0.4 is 0 Å². The normalized spacial score (nSPS) is 25.7. The number of carbonyl (C=O) groups is 2. The number of amides is 1. The SMILES string of the molecule is O=C(O)C(CC1CCCCC1)N1C(=O)/C(=C/C=C/C2CCCC2)SC1=S. The average molecular weight is 394 g/mol. The van der Waals surface area contributed by atoms with Crippen molar-refractivity contribution in [2.75, 3.05) is 0 Å². The maximum Gasteiger partial charge on any atom is 0.326 e. The lowest BCUT2D eigenvalue weighted by molar-refractivity contribution is -0.146. The van der Waals surface area contributed by atoms with E-state index in [4.69, 9.17) is 12.2 Å². The van der Waals surface area contributed by atoms with E-state index in [9.17, 15) is 14.7 Å². The van der Waals surface area contributed by atoms with Crippen molar-refractivity contribution >= 4 is 40.2 Å². The average Bonchev–Trinajstić information content (AvgIpc) is 3.23. The molecule has 3 rings (SSSR count). The molecule has 2 aliphatic carbocycles. The first-order chi connectivity index (χ1) is 12.6. The van der Waals surface area contributed by atoms with Crippen molar-refractivity contribution in [1.82, 2.24) is 4.90 Å². The second-order valence-electron chi connectivity index (χ2n) is 7.60. The minimum absolute atomic E-state index is 0.251. The molecule has 0 bridgehead atoms. The number of carboxylic acid groups (broad SMARTS) is 1. The van der Waals surface area contributed by atoms with Gasteiger partial charge in [0.25, 0.3) is 5.91 Å². The fourth-order valence-corrected chi connectivity index (χ4v) is 5.58. The fraction of sp³-hybridized carbons (Fsp3) is 0.650. The summed E-state index contributed by atoms with van der Waals surface area (Å²) < 4.78 is 0.374. The molecule has 1 atom stereocenters. The molecule has 0 radical (unpaired) electrons. The summed E-state index contributed by atoms with van der Waals surface area (Å²) in [6, 6.07) is -0.838. The monoisotopic (exact) mass is 393 g/mol. The summed E-state index contributed by atoms with van der Waals surface area (Å²) in [5.41, 5.74) is 0. The van der Waals surface area contributed by atoms with E-state index in [1.165, 1.54) is 48.8 Å². The number of hydrogen-bond donors (Lipinski definition) is 1. The Labute approximate surface area is 165 Å². The van der Waals surface area contributed by atoms with Crippen molar-refractivity contribution in [2.45, 2.75) is 70.3 Å². The van der Waals surface area contributed by atoms with Crippen LogP contribution in [0, 0.1) is 11.8 Å². The van der Waals surface area contributed by atoms with Gasteiger partial charge in [0.15, 0.2) is 0 Å². The van der Waals surface area contributed by atoms with Gasteiger partial charge in [-0.05, 0) is 37.2 Å². The fourth-order valence-electron chi connectivity index (χ4n) is 4.27. The number of carboxylic acids is 1. The van der Waals surface area contributed by atoms with Gasteiger partial charge in [0, 0.05) is 0 Å². The second kappa shape index (κ2) is 9.18. The van der Waals surface area contributed by atoms with Crippen molar-refractivity contribution < 1.29 is 14.7 Å². The molecule has 2 saturated carbocycles. The van der Waals surface area contributed by atoms with Gasteiger partial charge >= 0.3 is 5.97 Å². The predicted molar refractivity (Wildman–Crippen MR) is 109 cm³/mol. The third kappa shape index (κ3) is 4.77. The van der Waals surface area contributed by atoms with E-state index in [0.717, 1.165) is 25.7 Å². The van der Waals surface area contributed by atoms with Crippen molar-refractivity contribution in [3.05, 3.63) is 23.1 Å². The zero-order chi connectivity index (χ0) is 18.5. The number of thiocarbonyl (C=S) groups is 1. The number of allylic oxidation sites excluding steroid dienone is 3. The van der Waals surface area contributed by atoms with E-state index in [1.807, 2.05) is 6.08 Å². The third-order valence-electron chi connectivity index (χ3n) is 5.73. The zero-order valence-electron chi connectivity index (χ0n) is 15.1. The summed E-state index contributed by atoms with van der Waals surface area (Å²) in [4.78, 5) is 26.5. The van der Waals surface area contributed by atoms with Crippen molar-refractivity contribution in [3.8, 4) is 0 Å². The summed E-state index contributed by atoms with van der Waals surface area (Å²) in [5, 5.41) is 9.71. The van der Waals surface area contributed by atoms with E-state index in [1.54, 1.807) is 6.08 Å². The molecule has 1 saturated heterocycles. The largest absolute Gasteiger partial charge is 0.480 e. The highest BCUT2D eigenvalue weighted by atomic mass is 32.2. The van der Waals surface area contributed by atoms with Crippen LogP contribution >= 0.6 is 24.0 Å². The van der Waals surface area contributed by atoms with Crippen LogP contribution in [0.15, 0.2) is 23.1 Å². The van der Waals surface area contributed by atoms with Gasteiger partial charge in [-0.25, -0.2) is 4.79 Å². The van der Waals surface area contributed by atoms with Gasteiger partial charge in [0.1, 0.15) is 10.4 Å². The standard InChI is InChI=1S/C20H27NO3S2/c22-18-17(12-6-11-14-7-4-5-8-14)26-20(25)21(18)16(19(23)24)13-15-9-2-1-3-10-15/h6,11-12,14-16H,1-5,7-10,13H2,(H,23,24)/b11-6+,17-12-. The summed E-state index contributed by atoms with van der Waals surface area (Å²) in [5.74, 6) is -0.218. The molecule has 1 amide bonds. The Morgan fingerprint density at radius 1 is 1.19 bits per heavy atom. The minimum atomic E-state index is -0.949. The Balaban J connectivity index is 1.67. The minimum Gasteiger partial charge on any atom is -0.480 e. The first kappa shape index (κ1) is 19.6. The van der Waals surface area contributed by atoms with Crippen LogP contribution in [0.4, 0.5) is 0 Å². The first-order valence-corrected chi connectivity index (χ1v) is 11.0. The molecule has 26 heavy (non-hydrogen) atoms. The molecule has 142 valence electrons. The Morgan fingerprint density at radius 2 is 1.85 bits per heavy atom. The lowest BCUT2D eigenvalue weighted by Gasteiger charge is -2.29. The molecule has 3 fully saturated rings. The summed E-state index contributed by atoms with van der Waals surface area (Å²) in [7, 11) is 0. The topological polar surface area (TPSA) is 57.6 Å². The van der Waals surface area contributed by atoms with Gasteiger partial charge in [-0.3, -0.25) is 9.69 Å². The lowest BCUT2D eigenvalue weighted by atomic mass is 9.84. The van der Waals surface area contributed by atoms with Crippen LogP contribution in [0.5, 0.6) is 0 Å². The number of aliphatic carboxylic acids is 1. The molecule has 1 N–H and O–H groups in total. The quantitative estimate of drug-likeness (QED) is 0.514. The Hall–Kier alpha value is -1.14. The van der Waals surface area contributed by atoms with E-state index >= 15 is 0 Å². The van der Waals surface area contributed by atoms with Crippen LogP contribution in [0.25, 0.3) is 0 Å². The molecule has 0 aromatic heterocycles. The van der Waals surface area contributed by atoms with E-state index in [2.05, 4.69) is 6.08 Å². The molecule has 6 heteroatoms. The van der Waals surface area contributed by atoms with E-state index < -0.39 is 12.0 Å². The molecule has 0 aromatic rings. The van der Waals surface area contributed by atoms with E-state index in [0.29, 0.717) is 27.5 Å². The number of hydrogen-bond acceptors (Lipinski definition) is 4. The van der Waals surface area contributed by atoms with Gasteiger partial charge < -0.3 is 5.11 Å². The smallest absolute Gasteiger partial charge is 0.326 e. The lowest BCUT2D eigenvalue weighted by Crippen LogP contribution is -2.45. The number of rotatable bonds is 6. The third-order valence-corrected chi connectivity index (χ3v) is 7.08. The zero-order valence-corrected chi connectivity index (χ0v) is 16.7. The molecule has 1 aliphatic heterocycles.